The molecule has 8 heteroatoms. The van der Waals surface area contributed by atoms with Gasteiger partial charge in [0.25, 0.3) is 0 Å². The normalized spacial score (nSPS) is 11.5. The summed E-state index contributed by atoms with van der Waals surface area (Å²) in [6.07, 6.45) is 2.44. The smallest absolute Gasteiger partial charge is 0.240 e. The number of benzene rings is 2. The minimum absolute atomic E-state index is 0.0611. The zero-order valence-electron chi connectivity index (χ0n) is 15.1. The first kappa shape index (κ1) is 18.9. The van der Waals surface area contributed by atoms with E-state index in [2.05, 4.69) is 15.0 Å². The van der Waals surface area contributed by atoms with Gasteiger partial charge in [-0.2, -0.15) is 0 Å². The number of anilines is 1. The highest BCUT2D eigenvalue weighted by molar-refractivity contribution is 7.89. The van der Waals surface area contributed by atoms with Crippen molar-refractivity contribution in [3.05, 3.63) is 54.2 Å². The van der Waals surface area contributed by atoms with Gasteiger partial charge in [-0.25, -0.2) is 13.1 Å². The number of carbonyl (C=O) groups excluding carboxylic acids is 1. The van der Waals surface area contributed by atoms with Crippen LogP contribution in [0.2, 0.25) is 0 Å². The number of rotatable bonds is 7. The molecule has 27 heavy (non-hydrogen) atoms. The molecule has 3 aromatic rings. The lowest BCUT2D eigenvalue weighted by Crippen LogP contribution is -2.26. The molecular formula is C19H21N3O4S. The van der Waals surface area contributed by atoms with Gasteiger partial charge in [-0.1, -0.05) is 18.2 Å². The molecule has 142 valence electrons. The maximum Gasteiger partial charge on any atom is 0.240 e. The number of sulfonamides is 1. The molecule has 7 nitrogen and oxygen atoms in total. The number of para-hydroxylation sites is 1. The fraction of sp³-hybridized carbons (Fsp3) is 0.211. The van der Waals surface area contributed by atoms with E-state index in [9.17, 15) is 13.2 Å². The third kappa shape index (κ3) is 4.29. The molecule has 1 heterocycles. The number of aromatic nitrogens is 1. The van der Waals surface area contributed by atoms with Crippen molar-refractivity contribution in [3.63, 3.8) is 0 Å². The van der Waals surface area contributed by atoms with Crippen LogP contribution in [-0.2, 0) is 21.2 Å². The van der Waals surface area contributed by atoms with Crippen LogP contribution in [0.5, 0.6) is 5.75 Å². The van der Waals surface area contributed by atoms with Crippen LogP contribution in [0.1, 0.15) is 12.5 Å². The van der Waals surface area contributed by atoms with Gasteiger partial charge in [0.1, 0.15) is 5.75 Å². The Labute approximate surface area is 157 Å². The molecule has 0 unspecified atom stereocenters. The van der Waals surface area contributed by atoms with Crippen LogP contribution in [-0.4, -0.2) is 33.0 Å². The minimum atomic E-state index is -3.72. The Bertz CT molecular complexity index is 1070. The van der Waals surface area contributed by atoms with Crippen molar-refractivity contribution < 1.29 is 17.9 Å². The Morgan fingerprint density at radius 1 is 1.19 bits per heavy atom. The first-order valence-electron chi connectivity index (χ1n) is 8.41. The Morgan fingerprint density at radius 3 is 2.70 bits per heavy atom. The third-order valence-corrected chi connectivity index (χ3v) is 5.61. The van der Waals surface area contributed by atoms with Crippen LogP contribution < -0.4 is 14.8 Å². The van der Waals surface area contributed by atoms with Crippen LogP contribution in [0, 0.1) is 0 Å². The van der Waals surface area contributed by atoms with Crippen LogP contribution in [0.25, 0.3) is 10.9 Å². The summed E-state index contributed by atoms with van der Waals surface area (Å²) >= 11 is 0. The van der Waals surface area contributed by atoms with Gasteiger partial charge < -0.3 is 15.0 Å². The standard InChI is InChI=1S/C19H21N3O4S/c1-13(23)22-18-11-15(7-8-19(18)26-2)27(24,25)21-10-9-14-12-20-17-6-4-3-5-16(14)17/h3-8,11-12,20-21H,9-10H2,1-2H3,(H,22,23). The van der Waals surface area contributed by atoms with E-state index in [-0.39, 0.29) is 17.3 Å². The molecule has 0 aliphatic carbocycles. The van der Waals surface area contributed by atoms with Crippen molar-refractivity contribution in [2.75, 3.05) is 19.0 Å². The SMILES string of the molecule is COc1ccc(S(=O)(=O)NCCc2c[nH]c3ccccc23)cc1NC(C)=O. The largest absolute Gasteiger partial charge is 0.495 e. The number of methoxy groups -OCH3 is 1. The zero-order valence-corrected chi connectivity index (χ0v) is 15.9. The number of H-pyrrole nitrogens is 1. The zero-order chi connectivity index (χ0) is 19.4. The summed E-state index contributed by atoms with van der Waals surface area (Å²) in [4.78, 5) is 14.6. The van der Waals surface area contributed by atoms with Crippen molar-refractivity contribution in [2.24, 2.45) is 0 Å². The van der Waals surface area contributed by atoms with Crippen molar-refractivity contribution in [2.45, 2.75) is 18.2 Å². The van der Waals surface area contributed by atoms with Gasteiger partial charge in [0, 0.05) is 30.6 Å². The van der Waals surface area contributed by atoms with Crippen molar-refractivity contribution in [3.8, 4) is 5.75 Å². The second-order valence-corrected chi connectivity index (χ2v) is 7.82. The van der Waals surface area contributed by atoms with Crippen molar-refractivity contribution >= 4 is 32.5 Å². The Hall–Kier alpha value is -2.84. The van der Waals surface area contributed by atoms with Crippen LogP contribution in [0.4, 0.5) is 5.69 Å². The summed E-state index contributed by atoms with van der Waals surface area (Å²) in [7, 11) is -2.26. The maximum absolute atomic E-state index is 12.6. The Morgan fingerprint density at radius 2 is 1.96 bits per heavy atom. The molecule has 0 atom stereocenters. The molecule has 3 N–H and O–H groups in total. The molecule has 2 aromatic carbocycles. The summed E-state index contributed by atoms with van der Waals surface area (Å²) in [5.41, 5.74) is 2.37. The molecule has 0 radical (unpaired) electrons. The number of hydrogen-bond donors (Lipinski definition) is 3. The number of aromatic amines is 1. The van der Waals surface area contributed by atoms with E-state index in [1.54, 1.807) is 0 Å². The van der Waals surface area contributed by atoms with Gasteiger partial charge in [0.2, 0.25) is 15.9 Å². The van der Waals surface area contributed by atoms with Crippen LogP contribution in [0.3, 0.4) is 0 Å². The second kappa shape index (κ2) is 7.81. The number of fused-ring (bicyclic) bond motifs is 1. The highest BCUT2D eigenvalue weighted by Crippen LogP contribution is 2.27. The average molecular weight is 387 g/mol. The molecule has 0 bridgehead atoms. The summed E-state index contributed by atoms with van der Waals surface area (Å²) in [6, 6.07) is 12.2. The topological polar surface area (TPSA) is 100 Å². The monoisotopic (exact) mass is 387 g/mol. The maximum atomic E-state index is 12.6. The van der Waals surface area contributed by atoms with Gasteiger partial charge in [0.05, 0.1) is 17.7 Å². The molecule has 0 aliphatic rings. The van der Waals surface area contributed by atoms with Gasteiger partial charge in [-0.15, -0.1) is 0 Å². The van der Waals surface area contributed by atoms with E-state index in [0.29, 0.717) is 17.9 Å². The van der Waals surface area contributed by atoms with E-state index in [0.717, 1.165) is 16.5 Å². The quantitative estimate of drug-likeness (QED) is 0.580. The van der Waals surface area contributed by atoms with E-state index in [4.69, 9.17) is 4.74 Å². The van der Waals surface area contributed by atoms with Gasteiger partial charge in [-0.05, 0) is 36.2 Å². The summed E-state index contributed by atoms with van der Waals surface area (Å²) in [6.45, 7) is 1.60. The predicted molar refractivity (Wildman–Crippen MR) is 104 cm³/mol. The van der Waals surface area contributed by atoms with Gasteiger partial charge >= 0.3 is 0 Å². The lowest BCUT2D eigenvalue weighted by atomic mass is 10.1. The van der Waals surface area contributed by atoms with E-state index in [1.165, 1.54) is 32.2 Å². The number of hydrogen-bond acceptors (Lipinski definition) is 4. The van der Waals surface area contributed by atoms with Gasteiger partial charge in [-0.3, -0.25) is 4.79 Å². The highest BCUT2D eigenvalue weighted by atomic mass is 32.2. The molecule has 1 amide bonds. The predicted octanol–water partition coefficient (Wildman–Crippen LogP) is 2.66. The molecule has 1 aromatic heterocycles. The highest BCUT2D eigenvalue weighted by Gasteiger charge is 2.17. The Balaban J connectivity index is 1.73. The lowest BCUT2D eigenvalue weighted by Gasteiger charge is -2.12. The molecular weight excluding hydrogens is 366 g/mol. The third-order valence-electron chi connectivity index (χ3n) is 4.15. The van der Waals surface area contributed by atoms with Gasteiger partial charge in [0.15, 0.2) is 0 Å². The molecule has 0 fully saturated rings. The molecule has 0 saturated heterocycles. The first-order valence-corrected chi connectivity index (χ1v) is 9.89. The van der Waals surface area contributed by atoms with E-state index < -0.39 is 10.0 Å². The lowest BCUT2D eigenvalue weighted by molar-refractivity contribution is -0.114. The van der Waals surface area contributed by atoms with Crippen molar-refractivity contribution in [1.29, 1.82) is 0 Å². The summed E-state index contributed by atoms with van der Waals surface area (Å²) in [5.74, 6) is 0.0816. The first-order chi connectivity index (χ1) is 12.9. The number of nitrogens with one attached hydrogen (secondary N) is 3. The summed E-state index contributed by atoms with van der Waals surface area (Å²) in [5, 5.41) is 3.65. The molecule has 0 spiro atoms. The number of ether oxygens (including phenoxy) is 1. The minimum Gasteiger partial charge on any atom is -0.495 e. The number of amides is 1. The Kier molecular flexibility index (Phi) is 5.48. The van der Waals surface area contributed by atoms with Crippen molar-refractivity contribution in [1.82, 2.24) is 9.71 Å². The fourth-order valence-electron chi connectivity index (χ4n) is 2.88. The van der Waals surface area contributed by atoms with E-state index >= 15 is 0 Å². The van der Waals surface area contributed by atoms with Crippen LogP contribution in [0.15, 0.2) is 53.6 Å². The fourth-order valence-corrected chi connectivity index (χ4v) is 3.94. The molecule has 0 aliphatic heterocycles. The average Bonchev–Trinajstić information content (AvgIpc) is 3.04. The molecule has 0 saturated carbocycles. The molecule has 3 rings (SSSR count). The van der Waals surface area contributed by atoms with Crippen LogP contribution >= 0.6 is 0 Å². The number of carbonyl (C=O) groups is 1. The summed E-state index contributed by atoms with van der Waals surface area (Å²) < 4.78 is 32.9. The second-order valence-electron chi connectivity index (χ2n) is 6.05. The van der Waals surface area contributed by atoms with E-state index in [1.807, 2.05) is 30.5 Å².